The monoisotopic (exact) mass is 374 g/mol. The van der Waals surface area contributed by atoms with E-state index in [-0.39, 0.29) is 0 Å². The molecule has 5 rings (SSSR count). The maximum absolute atomic E-state index is 5.10. The highest BCUT2D eigenvalue weighted by Gasteiger charge is 2.20. The third-order valence-corrected chi connectivity index (χ3v) is 7.50. The zero-order chi connectivity index (χ0) is 18.2. The largest absolute Gasteiger partial charge is 0.232 e. The molecule has 1 fully saturated rings. The molecule has 2 heterocycles. The van der Waals surface area contributed by atoms with Gasteiger partial charge in [0, 0.05) is 10.3 Å². The van der Waals surface area contributed by atoms with Crippen molar-refractivity contribution in [1.29, 1.82) is 0 Å². The van der Waals surface area contributed by atoms with Crippen molar-refractivity contribution in [2.24, 2.45) is 5.92 Å². The molecule has 3 aromatic rings. The summed E-state index contributed by atoms with van der Waals surface area (Å²) in [7, 11) is 0. The molecule has 0 spiro atoms. The minimum atomic E-state index is 0.946. The molecule has 2 aromatic heterocycles. The Kier molecular flexibility index (Phi) is 4.56. The molecule has 27 heavy (non-hydrogen) atoms. The number of thiophene rings is 1. The lowest BCUT2D eigenvalue weighted by atomic mass is 9.81. The van der Waals surface area contributed by atoms with Gasteiger partial charge < -0.3 is 0 Å². The summed E-state index contributed by atoms with van der Waals surface area (Å²) in [6, 6.07) is 8.66. The van der Waals surface area contributed by atoms with Gasteiger partial charge in [-0.3, -0.25) is 0 Å². The van der Waals surface area contributed by atoms with Gasteiger partial charge in [0.15, 0.2) is 5.82 Å². The Bertz CT molecular complexity index is 1010. The molecule has 138 valence electrons. The number of rotatable bonds is 5. The standard InChI is InChI=1S/C24H26N2S/c1-16-18-11-3-5-15-22(18)27-23(16)24-25-20-13-4-2-12-19(20)21(26-24)14-7-10-17-8-6-9-17/h2-3,5,11-12,15,17H,4,6-10,13-14H2,1H3. The first-order valence-electron chi connectivity index (χ1n) is 10.3. The first-order valence-corrected chi connectivity index (χ1v) is 11.2. The highest BCUT2D eigenvalue weighted by atomic mass is 32.1. The lowest BCUT2D eigenvalue weighted by Crippen LogP contribution is -2.12. The van der Waals surface area contributed by atoms with Gasteiger partial charge in [-0.25, -0.2) is 9.97 Å². The van der Waals surface area contributed by atoms with Crippen LogP contribution in [-0.2, 0) is 12.8 Å². The van der Waals surface area contributed by atoms with Crippen LogP contribution in [0, 0.1) is 12.8 Å². The summed E-state index contributed by atoms with van der Waals surface area (Å²) >= 11 is 1.83. The molecule has 3 heteroatoms. The molecule has 0 amide bonds. The quantitative estimate of drug-likeness (QED) is 0.493. The maximum atomic E-state index is 5.10. The number of aromatic nitrogens is 2. The van der Waals surface area contributed by atoms with Crippen molar-refractivity contribution in [3.8, 4) is 10.7 Å². The third kappa shape index (κ3) is 3.23. The summed E-state index contributed by atoms with van der Waals surface area (Å²) in [5, 5.41) is 1.34. The average molecular weight is 375 g/mol. The molecule has 0 bridgehead atoms. The second-order valence-corrected chi connectivity index (χ2v) is 9.09. The molecule has 1 aromatic carbocycles. The Labute approximate surface area is 165 Å². The topological polar surface area (TPSA) is 25.8 Å². The number of nitrogens with zero attached hydrogens (tertiary/aromatic N) is 2. The maximum Gasteiger partial charge on any atom is 0.170 e. The van der Waals surface area contributed by atoms with E-state index in [0.29, 0.717) is 0 Å². The van der Waals surface area contributed by atoms with Crippen LogP contribution in [0.15, 0.2) is 30.3 Å². The Morgan fingerprint density at radius 2 is 2.04 bits per heavy atom. The number of fused-ring (bicyclic) bond motifs is 2. The Balaban J connectivity index is 1.52. The molecule has 0 aliphatic heterocycles. The fourth-order valence-electron chi connectivity index (χ4n) is 4.39. The molecule has 0 saturated heterocycles. The van der Waals surface area contributed by atoms with Gasteiger partial charge in [0.25, 0.3) is 0 Å². The Morgan fingerprint density at radius 1 is 1.15 bits per heavy atom. The normalized spacial score (nSPS) is 16.5. The van der Waals surface area contributed by atoms with Crippen molar-refractivity contribution in [2.45, 2.75) is 58.3 Å². The molecule has 2 aliphatic carbocycles. The molecular weight excluding hydrogens is 348 g/mol. The van der Waals surface area contributed by atoms with Crippen LogP contribution in [0.3, 0.4) is 0 Å². The minimum Gasteiger partial charge on any atom is -0.232 e. The van der Waals surface area contributed by atoms with E-state index in [9.17, 15) is 0 Å². The van der Waals surface area contributed by atoms with Gasteiger partial charge >= 0.3 is 0 Å². The molecule has 0 unspecified atom stereocenters. The summed E-state index contributed by atoms with van der Waals surface area (Å²) in [5.74, 6) is 1.92. The van der Waals surface area contributed by atoms with E-state index in [4.69, 9.17) is 9.97 Å². The molecule has 0 radical (unpaired) electrons. The third-order valence-electron chi connectivity index (χ3n) is 6.23. The van der Waals surface area contributed by atoms with Crippen LogP contribution >= 0.6 is 11.3 Å². The average Bonchev–Trinajstić information content (AvgIpc) is 3.00. The van der Waals surface area contributed by atoms with Crippen LogP contribution in [0.5, 0.6) is 0 Å². The van der Waals surface area contributed by atoms with Gasteiger partial charge in [0.1, 0.15) is 0 Å². The van der Waals surface area contributed by atoms with E-state index >= 15 is 0 Å². The second-order valence-electron chi connectivity index (χ2n) is 8.04. The van der Waals surface area contributed by atoms with Gasteiger partial charge in [0.2, 0.25) is 0 Å². The van der Waals surface area contributed by atoms with Crippen molar-refractivity contribution in [3.05, 3.63) is 52.9 Å². The molecule has 1 saturated carbocycles. The lowest BCUT2D eigenvalue weighted by molar-refractivity contribution is 0.289. The molecule has 0 N–H and O–H groups in total. The van der Waals surface area contributed by atoms with Crippen LogP contribution in [0.25, 0.3) is 26.9 Å². The van der Waals surface area contributed by atoms with Crippen LogP contribution in [0.2, 0.25) is 0 Å². The number of aryl methyl sites for hydroxylation is 3. The number of benzene rings is 1. The summed E-state index contributed by atoms with van der Waals surface area (Å²) in [6.07, 6.45) is 14.7. The van der Waals surface area contributed by atoms with Crippen molar-refractivity contribution < 1.29 is 0 Å². The molecule has 2 aliphatic rings. The zero-order valence-electron chi connectivity index (χ0n) is 16.0. The van der Waals surface area contributed by atoms with E-state index in [2.05, 4.69) is 43.3 Å². The first-order chi connectivity index (χ1) is 13.3. The lowest BCUT2D eigenvalue weighted by Gasteiger charge is -2.25. The van der Waals surface area contributed by atoms with Crippen molar-refractivity contribution in [2.75, 3.05) is 0 Å². The molecular formula is C24H26N2S. The van der Waals surface area contributed by atoms with Gasteiger partial charge in [-0.05, 0) is 55.5 Å². The van der Waals surface area contributed by atoms with Crippen LogP contribution in [0.1, 0.15) is 61.0 Å². The van der Waals surface area contributed by atoms with E-state index in [1.165, 1.54) is 69.6 Å². The SMILES string of the molecule is Cc1c(-c2nc3c(c(CCCC4CCC4)n2)C=CCC3)sc2ccccc12. The van der Waals surface area contributed by atoms with Gasteiger partial charge in [-0.1, -0.05) is 56.0 Å². The number of hydrogen-bond donors (Lipinski definition) is 0. The molecule has 0 atom stereocenters. The highest BCUT2D eigenvalue weighted by molar-refractivity contribution is 7.22. The second kappa shape index (κ2) is 7.20. The zero-order valence-corrected chi connectivity index (χ0v) is 16.8. The Morgan fingerprint density at radius 3 is 2.85 bits per heavy atom. The summed E-state index contributed by atoms with van der Waals surface area (Å²) in [6.45, 7) is 2.22. The van der Waals surface area contributed by atoms with E-state index < -0.39 is 0 Å². The van der Waals surface area contributed by atoms with Crippen LogP contribution in [0.4, 0.5) is 0 Å². The van der Waals surface area contributed by atoms with Crippen LogP contribution < -0.4 is 0 Å². The van der Waals surface area contributed by atoms with Crippen molar-refractivity contribution >= 4 is 27.5 Å². The van der Waals surface area contributed by atoms with Crippen molar-refractivity contribution in [3.63, 3.8) is 0 Å². The fraction of sp³-hybridized carbons (Fsp3) is 0.417. The first kappa shape index (κ1) is 17.1. The van der Waals surface area contributed by atoms with E-state index in [1.807, 2.05) is 11.3 Å². The number of allylic oxidation sites excluding steroid dienone is 1. The van der Waals surface area contributed by atoms with Gasteiger partial charge in [-0.15, -0.1) is 11.3 Å². The summed E-state index contributed by atoms with van der Waals surface area (Å²) in [5.41, 5.74) is 5.14. The summed E-state index contributed by atoms with van der Waals surface area (Å²) in [4.78, 5) is 11.4. The van der Waals surface area contributed by atoms with Gasteiger partial charge in [-0.2, -0.15) is 0 Å². The Hall–Kier alpha value is -2.00. The fourth-order valence-corrected chi connectivity index (χ4v) is 5.53. The van der Waals surface area contributed by atoms with E-state index in [1.54, 1.807) is 0 Å². The van der Waals surface area contributed by atoms with E-state index in [0.717, 1.165) is 31.0 Å². The van der Waals surface area contributed by atoms with Crippen LogP contribution in [-0.4, -0.2) is 9.97 Å². The number of hydrogen-bond acceptors (Lipinski definition) is 3. The summed E-state index contributed by atoms with van der Waals surface area (Å²) < 4.78 is 1.33. The minimum absolute atomic E-state index is 0.946. The predicted molar refractivity (Wildman–Crippen MR) is 115 cm³/mol. The van der Waals surface area contributed by atoms with Crippen molar-refractivity contribution in [1.82, 2.24) is 9.97 Å². The van der Waals surface area contributed by atoms with Gasteiger partial charge in [0.05, 0.1) is 16.3 Å². The highest BCUT2D eigenvalue weighted by Crippen LogP contribution is 2.38. The smallest absolute Gasteiger partial charge is 0.170 e. The predicted octanol–water partition coefficient (Wildman–Crippen LogP) is 6.75. The molecule has 2 nitrogen and oxygen atoms in total.